The third kappa shape index (κ3) is 9.46. The molecule has 1 amide bonds. The Morgan fingerprint density at radius 2 is 1.63 bits per heavy atom. The number of ether oxygens (including phenoxy) is 4. The molecule has 4 aliphatic heterocycles. The zero-order valence-electron chi connectivity index (χ0n) is 40.6. The lowest BCUT2D eigenvalue weighted by Gasteiger charge is -2.39. The molecule has 0 aliphatic carbocycles. The Balaban J connectivity index is 0.936. The maximum Gasteiger partial charge on any atom is 0.415 e. The molecule has 1 N–H and O–H groups in total. The van der Waals surface area contributed by atoms with Gasteiger partial charge in [-0.3, -0.25) is 14.2 Å². The lowest BCUT2D eigenvalue weighted by molar-refractivity contribution is -0.189. The first kappa shape index (κ1) is 48.9. The van der Waals surface area contributed by atoms with Crippen LogP contribution in [-0.4, -0.2) is 89.9 Å². The number of likely N-dealkylation sites (tertiary alicyclic amines) is 2. The molecule has 2 atom stereocenters. The second-order valence-electron chi connectivity index (χ2n) is 18.2. The fraction of sp³-hybridized carbons (Fsp3) is 0.453. The number of benzene rings is 3. The summed E-state index contributed by atoms with van der Waals surface area (Å²) in [6.45, 7) is 11.1. The second-order valence-corrected chi connectivity index (χ2v) is 20.4. The summed E-state index contributed by atoms with van der Waals surface area (Å²) >= 11 is 0. The molecule has 2 saturated heterocycles. The van der Waals surface area contributed by atoms with E-state index >= 15 is 0 Å². The number of carbonyl (C=O) groups excluding carboxylic acids is 3. The number of pyridine rings is 2. The van der Waals surface area contributed by atoms with Gasteiger partial charge in [-0.15, -0.1) is 0 Å². The van der Waals surface area contributed by atoms with Gasteiger partial charge < -0.3 is 47.7 Å². The van der Waals surface area contributed by atoms with Crippen molar-refractivity contribution in [2.75, 3.05) is 51.8 Å². The van der Waals surface area contributed by atoms with Crippen LogP contribution >= 0.6 is 7.60 Å². The maximum atomic E-state index is 14.4. The van der Waals surface area contributed by atoms with Gasteiger partial charge in [0.1, 0.15) is 18.1 Å². The fourth-order valence-corrected chi connectivity index (χ4v) is 12.5. The molecule has 2 unspecified atom stereocenters. The summed E-state index contributed by atoms with van der Waals surface area (Å²) in [5, 5.41) is 4.14. The molecule has 17 heteroatoms. The molecule has 0 saturated carbocycles. The number of hydrogen-bond donors (Lipinski definition) is 1. The fourth-order valence-electron chi connectivity index (χ4n) is 10.6. The molecular weight excluding hydrogens is 914 g/mol. The monoisotopic (exact) mass is 975 g/mol. The van der Waals surface area contributed by atoms with E-state index in [1.807, 2.05) is 25.1 Å². The molecule has 0 spiro atoms. The van der Waals surface area contributed by atoms with E-state index in [1.54, 1.807) is 91.9 Å². The Kier molecular flexibility index (Phi) is 14.5. The van der Waals surface area contributed by atoms with E-state index in [2.05, 4.69) is 10.2 Å². The SMILES string of the molecule is CCOP(=O)(OCC)C(Nc1ccc(CC(=O)OC2(CC)C(=O)OCc3c2cc2n(c3=O)Cc3c-2nc2ccc(OC(=O)N4CCC(N5CCCCC5)CC4)cc2c3CC)cc1)c1cccc(OC)c1. The molecule has 0 radical (unpaired) electrons. The number of cyclic esters (lactones) is 1. The molecule has 0 bridgehead atoms. The number of rotatable bonds is 16. The van der Waals surface area contributed by atoms with Crippen LogP contribution in [0.5, 0.6) is 11.5 Å². The molecule has 70 heavy (non-hydrogen) atoms. The first-order chi connectivity index (χ1) is 33.9. The largest absolute Gasteiger partial charge is 0.497 e. The van der Waals surface area contributed by atoms with Gasteiger partial charge in [-0.05, 0) is 131 Å². The topological polar surface area (TPSA) is 177 Å². The van der Waals surface area contributed by atoms with Crippen molar-refractivity contribution in [3.05, 3.63) is 117 Å². The third-order valence-electron chi connectivity index (χ3n) is 14.2. The Morgan fingerprint density at radius 3 is 2.31 bits per heavy atom. The lowest BCUT2D eigenvalue weighted by atomic mass is 9.85. The highest BCUT2D eigenvalue weighted by Gasteiger charge is 2.50. The Morgan fingerprint density at radius 1 is 0.886 bits per heavy atom. The van der Waals surface area contributed by atoms with Crippen LogP contribution in [0.25, 0.3) is 22.3 Å². The summed E-state index contributed by atoms with van der Waals surface area (Å²) in [6.07, 6.45) is 5.72. The van der Waals surface area contributed by atoms with Gasteiger partial charge in [-0.1, -0.05) is 44.5 Å². The van der Waals surface area contributed by atoms with Crippen LogP contribution in [0.2, 0.25) is 0 Å². The number of nitrogens with zero attached hydrogens (tertiary/aromatic N) is 4. The van der Waals surface area contributed by atoms with Crippen molar-refractivity contribution >= 4 is 42.2 Å². The predicted molar refractivity (Wildman–Crippen MR) is 264 cm³/mol. The van der Waals surface area contributed by atoms with E-state index in [0.717, 1.165) is 42.4 Å². The maximum absolute atomic E-state index is 14.4. The van der Waals surface area contributed by atoms with E-state index in [0.29, 0.717) is 70.8 Å². The summed E-state index contributed by atoms with van der Waals surface area (Å²) in [5.41, 5.74) is 3.67. The van der Waals surface area contributed by atoms with Gasteiger partial charge in [0.2, 0.25) is 5.60 Å². The van der Waals surface area contributed by atoms with Gasteiger partial charge in [-0.2, -0.15) is 0 Å². The van der Waals surface area contributed by atoms with Gasteiger partial charge >= 0.3 is 25.6 Å². The van der Waals surface area contributed by atoms with Gasteiger partial charge in [0.25, 0.3) is 5.56 Å². The average Bonchev–Trinajstić information content (AvgIpc) is 3.75. The van der Waals surface area contributed by atoms with Crippen LogP contribution in [0.1, 0.15) is 105 Å². The number of aryl methyl sites for hydroxylation is 1. The summed E-state index contributed by atoms with van der Waals surface area (Å²) in [4.78, 5) is 65.1. The first-order valence-corrected chi connectivity index (χ1v) is 26.2. The molecule has 2 aromatic heterocycles. The van der Waals surface area contributed by atoms with Crippen LogP contribution in [0.4, 0.5) is 10.5 Å². The van der Waals surface area contributed by atoms with Crippen molar-refractivity contribution in [3.63, 3.8) is 0 Å². The molecule has 4 aliphatic rings. The highest BCUT2D eigenvalue weighted by Crippen LogP contribution is 2.61. The summed E-state index contributed by atoms with van der Waals surface area (Å²) in [6, 6.07) is 21.8. The van der Waals surface area contributed by atoms with Crippen LogP contribution in [0, 0.1) is 0 Å². The summed E-state index contributed by atoms with van der Waals surface area (Å²) in [7, 11) is -2.18. The van der Waals surface area contributed by atoms with Gasteiger partial charge in [0, 0.05) is 41.3 Å². The first-order valence-electron chi connectivity index (χ1n) is 24.6. The van der Waals surface area contributed by atoms with E-state index < -0.39 is 30.9 Å². The second kappa shape index (κ2) is 20.7. The molecule has 9 rings (SSSR count). The molecular formula is C53H62N5O11P. The molecule has 6 heterocycles. The molecule has 3 aromatic carbocycles. The van der Waals surface area contributed by atoms with Crippen molar-refractivity contribution in [1.29, 1.82) is 0 Å². The third-order valence-corrected chi connectivity index (χ3v) is 16.5. The van der Waals surface area contributed by atoms with Gasteiger partial charge in [0.15, 0.2) is 5.78 Å². The van der Waals surface area contributed by atoms with E-state index in [9.17, 15) is 23.7 Å². The lowest BCUT2D eigenvalue weighted by Crippen LogP contribution is -2.48. The number of anilines is 1. The molecule has 16 nitrogen and oxygen atoms in total. The standard InChI is InChI=1S/C53H62N5O11P/c1-6-40-41-30-39(68-52(62)57-26-22-37(23-27-57)56-24-11-10-12-25-56)20-21-45(41)55-48-42(40)32-58-46(48)31-44-43(50(58)60)33-65-51(61)53(44,7-2)69-47(59)28-34-16-18-36(19-17-34)54-49(70(63,66-8-3)67-9-4)35-14-13-15-38(29-35)64-5/h13-21,29-31,37,49,54H,6-12,22-28,32-33H2,1-5H3. The molecule has 5 aromatic rings. The van der Waals surface area contributed by atoms with Gasteiger partial charge in [-0.25, -0.2) is 14.6 Å². The molecule has 370 valence electrons. The van der Waals surface area contributed by atoms with Gasteiger partial charge in [0.05, 0.1) is 55.8 Å². The number of piperidine rings is 2. The van der Waals surface area contributed by atoms with Crippen LogP contribution in [0.3, 0.4) is 0 Å². The van der Waals surface area contributed by atoms with Crippen LogP contribution in [0.15, 0.2) is 77.6 Å². The number of hydrogen-bond acceptors (Lipinski definition) is 14. The minimum atomic E-state index is -3.73. The number of aromatic nitrogens is 2. The normalized spacial score (nSPS) is 18.6. The minimum Gasteiger partial charge on any atom is -0.497 e. The minimum absolute atomic E-state index is 0.0118. The average molecular weight is 976 g/mol. The number of fused-ring (bicyclic) bond motifs is 5. The van der Waals surface area contributed by atoms with Crippen molar-refractivity contribution < 1.29 is 46.9 Å². The summed E-state index contributed by atoms with van der Waals surface area (Å²) in [5.74, 6) is -1.34. The van der Waals surface area contributed by atoms with Crippen molar-refractivity contribution in [2.24, 2.45) is 0 Å². The van der Waals surface area contributed by atoms with E-state index in [4.69, 9.17) is 33.0 Å². The zero-order chi connectivity index (χ0) is 49.2. The van der Waals surface area contributed by atoms with Crippen LogP contribution in [-0.2, 0) is 64.3 Å². The Bertz CT molecular complexity index is 2880. The molecule has 2 fully saturated rings. The summed E-state index contributed by atoms with van der Waals surface area (Å²) < 4.78 is 50.5. The number of methoxy groups -OCH3 is 1. The zero-order valence-corrected chi connectivity index (χ0v) is 41.5. The number of carbonyl (C=O) groups is 3. The van der Waals surface area contributed by atoms with Crippen molar-refractivity contribution in [1.82, 2.24) is 19.4 Å². The van der Waals surface area contributed by atoms with Crippen LogP contribution < -0.4 is 20.3 Å². The number of nitrogens with one attached hydrogen (secondary N) is 1. The van der Waals surface area contributed by atoms with E-state index in [1.165, 1.54) is 19.3 Å². The number of esters is 2. The Labute approximate surface area is 408 Å². The smallest absolute Gasteiger partial charge is 0.415 e. The van der Waals surface area contributed by atoms with Crippen molar-refractivity contribution in [2.45, 2.75) is 110 Å². The Hall–Kier alpha value is -6.06. The highest BCUT2D eigenvalue weighted by molar-refractivity contribution is 7.54. The quantitative estimate of drug-likeness (QED) is 0.0717. The van der Waals surface area contributed by atoms with E-state index in [-0.39, 0.29) is 62.0 Å². The highest BCUT2D eigenvalue weighted by atomic mass is 31.2. The predicted octanol–water partition coefficient (Wildman–Crippen LogP) is 9.27. The number of amides is 1. The van der Waals surface area contributed by atoms with Crippen molar-refractivity contribution in [3.8, 4) is 22.9 Å².